The molecule has 1 aliphatic heterocycles. The van der Waals surface area contributed by atoms with Crippen molar-refractivity contribution in [3.63, 3.8) is 0 Å². The van der Waals surface area contributed by atoms with Gasteiger partial charge in [-0.1, -0.05) is 5.21 Å². The molecule has 2 heterocycles. The quantitative estimate of drug-likeness (QED) is 0.862. The van der Waals surface area contributed by atoms with Crippen molar-refractivity contribution in [2.24, 2.45) is 5.73 Å². The molecule has 0 spiro atoms. The van der Waals surface area contributed by atoms with Crippen molar-refractivity contribution in [3.05, 3.63) is 11.9 Å². The van der Waals surface area contributed by atoms with E-state index in [1.54, 1.807) is 0 Å². The van der Waals surface area contributed by atoms with E-state index < -0.39 is 0 Å². The van der Waals surface area contributed by atoms with Gasteiger partial charge in [-0.25, -0.2) is 0 Å². The van der Waals surface area contributed by atoms with Crippen molar-refractivity contribution in [1.82, 2.24) is 19.9 Å². The molecule has 1 unspecified atom stereocenters. The van der Waals surface area contributed by atoms with E-state index in [1.165, 1.54) is 32.4 Å². The van der Waals surface area contributed by atoms with Gasteiger partial charge in [-0.15, -0.1) is 5.10 Å². The standard InChI is InChI=1S/C12H23N5S/c1-18-12-3-2-6-16(7-4-12)9-11-10-17(8-5-13)15-14-11/h10,12H,2-9,13H2,1H3. The summed E-state index contributed by atoms with van der Waals surface area (Å²) in [6.07, 6.45) is 8.17. The molecular weight excluding hydrogens is 246 g/mol. The maximum Gasteiger partial charge on any atom is 0.0967 e. The smallest absolute Gasteiger partial charge is 0.0967 e. The van der Waals surface area contributed by atoms with Crippen LogP contribution >= 0.6 is 11.8 Å². The molecule has 2 N–H and O–H groups in total. The molecule has 1 fully saturated rings. The average Bonchev–Trinajstić information content (AvgIpc) is 2.68. The molecule has 1 aliphatic rings. The van der Waals surface area contributed by atoms with E-state index in [0.29, 0.717) is 6.54 Å². The average molecular weight is 269 g/mol. The van der Waals surface area contributed by atoms with Crippen LogP contribution in [0.2, 0.25) is 0 Å². The molecule has 0 amide bonds. The van der Waals surface area contributed by atoms with Crippen molar-refractivity contribution in [3.8, 4) is 0 Å². The van der Waals surface area contributed by atoms with Crippen LogP contribution in [-0.2, 0) is 13.1 Å². The van der Waals surface area contributed by atoms with Crippen LogP contribution in [0.1, 0.15) is 25.0 Å². The fourth-order valence-corrected chi connectivity index (χ4v) is 3.14. The van der Waals surface area contributed by atoms with Crippen molar-refractivity contribution >= 4 is 11.8 Å². The van der Waals surface area contributed by atoms with Gasteiger partial charge in [0.15, 0.2) is 0 Å². The van der Waals surface area contributed by atoms with Gasteiger partial charge in [-0.05, 0) is 38.6 Å². The number of nitrogens with zero attached hydrogens (tertiary/aromatic N) is 4. The van der Waals surface area contributed by atoms with E-state index in [2.05, 4.69) is 21.5 Å². The van der Waals surface area contributed by atoms with E-state index in [-0.39, 0.29) is 0 Å². The first-order valence-corrected chi connectivity index (χ1v) is 7.95. The van der Waals surface area contributed by atoms with E-state index in [4.69, 9.17) is 5.73 Å². The molecule has 1 saturated heterocycles. The van der Waals surface area contributed by atoms with Gasteiger partial charge in [0.25, 0.3) is 0 Å². The Hall–Kier alpha value is -0.590. The minimum atomic E-state index is 0.613. The molecule has 0 aliphatic carbocycles. The topological polar surface area (TPSA) is 60.0 Å². The highest BCUT2D eigenvalue weighted by atomic mass is 32.2. The highest BCUT2D eigenvalue weighted by Gasteiger charge is 2.17. The van der Waals surface area contributed by atoms with Gasteiger partial charge in [0.1, 0.15) is 0 Å². The van der Waals surface area contributed by atoms with Crippen LogP contribution in [0.5, 0.6) is 0 Å². The zero-order valence-electron chi connectivity index (χ0n) is 11.1. The molecule has 2 rings (SSSR count). The van der Waals surface area contributed by atoms with Gasteiger partial charge in [-0.3, -0.25) is 9.58 Å². The molecule has 0 saturated carbocycles. The maximum absolute atomic E-state index is 5.50. The van der Waals surface area contributed by atoms with Crippen LogP contribution in [0.15, 0.2) is 6.20 Å². The van der Waals surface area contributed by atoms with Crippen LogP contribution in [0.3, 0.4) is 0 Å². The summed E-state index contributed by atoms with van der Waals surface area (Å²) < 4.78 is 1.83. The SMILES string of the molecule is CSC1CCCN(Cc2cn(CCN)nn2)CC1. The lowest BCUT2D eigenvalue weighted by atomic mass is 10.2. The Bertz CT molecular complexity index is 354. The normalized spacial score (nSPS) is 22.0. The van der Waals surface area contributed by atoms with Crippen LogP contribution in [0.25, 0.3) is 0 Å². The number of likely N-dealkylation sites (tertiary alicyclic amines) is 1. The van der Waals surface area contributed by atoms with E-state index in [1.807, 2.05) is 22.6 Å². The third kappa shape index (κ3) is 3.96. The number of nitrogens with two attached hydrogens (primary N) is 1. The Morgan fingerprint density at radius 1 is 1.44 bits per heavy atom. The molecule has 1 aromatic heterocycles. The second kappa shape index (κ2) is 7.11. The van der Waals surface area contributed by atoms with Gasteiger partial charge < -0.3 is 5.73 Å². The minimum Gasteiger partial charge on any atom is -0.329 e. The first kappa shape index (κ1) is 13.8. The highest BCUT2D eigenvalue weighted by molar-refractivity contribution is 7.99. The summed E-state index contributed by atoms with van der Waals surface area (Å²) >= 11 is 2.01. The zero-order chi connectivity index (χ0) is 12.8. The van der Waals surface area contributed by atoms with Crippen LogP contribution in [-0.4, -0.2) is 51.0 Å². The summed E-state index contributed by atoms with van der Waals surface area (Å²) in [5, 5.41) is 9.13. The number of rotatable bonds is 5. The largest absolute Gasteiger partial charge is 0.329 e. The van der Waals surface area contributed by atoms with E-state index >= 15 is 0 Å². The monoisotopic (exact) mass is 269 g/mol. The van der Waals surface area contributed by atoms with Gasteiger partial charge >= 0.3 is 0 Å². The molecule has 0 radical (unpaired) electrons. The summed E-state index contributed by atoms with van der Waals surface area (Å²) in [4.78, 5) is 2.49. The lowest BCUT2D eigenvalue weighted by molar-refractivity contribution is 0.274. The van der Waals surface area contributed by atoms with Crippen LogP contribution in [0, 0.1) is 0 Å². The number of thioether (sulfide) groups is 1. The molecular formula is C12H23N5S. The second-order valence-corrected chi connectivity index (χ2v) is 5.96. The Kier molecular flexibility index (Phi) is 5.46. The molecule has 1 atom stereocenters. The zero-order valence-corrected chi connectivity index (χ0v) is 11.9. The Labute approximate surface area is 113 Å². The Morgan fingerprint density at radius 3 is 3.11 bits per heavy atom. The minimum absolute atomic E-state index is 0.613. The molecule has 102 valence electrons. The second-order valence-electron chi connectivity index (χ2n) is 4.83. The fourth-order valence-electron chi connectivity index (χ4n) is 2.40. The van der Waals surface area contributed by atoms with E-state index in [0.717, 1.165) is 24.0 Å². The van der Waals surface area contributed by atoms with Crippen LogP contribution < -0.4 is 5.73 Å². The number of hydrogen-bond donors (Lipinski definition) is 1. The fraction of sp³-hybridized carbons (Fsp3) is 0.833. The number of hydrogen-bond acceptors (Lipinski definition) is 5. The number of aromatic nitrogens is 3. The van der Waals surface area contributed by atoms with Crippen molar-refractivity contribution < 1.29 is 0 Å². The lowest BCUT2D eigenvalue weighted by Gasteiger charge is -2.18. The summed E-state index contributed by atoms with van der Waals surface area (Å²) in [6.45, 7) is 4.64. The third-order valence-electron chi connectivity index (χ3n) is 3.43. The maximum atomic E-state index is 5.50. The molecule has 0 bridgehead atoms. The summed E-state index contributed by atoms with van der Waals surface area (Å²) in [7, 11) is 0. The molecule has 5 nitrogen and oxygen atoms in total. The third-order valence-corrected chi connectivity index (χ3v) is 4.57. The highest BCUT2D eigenvalue weighted by Crippen LogP contribution is 2.21. The van der Waals surface area contributed by atoms with Gasteiger partial charge in [-0.2, -0.15) is 11.8 Å². The van der Waals surface area contributed by atoms with Crippen molar-refractivity contribution in [2.75, 3.05) is 25.9 Å². The van der Waals surface area contributed by atoms with Crippen molar-refractivity contribution in [2.45, 2.75) is 37.6 Å². The van der Waals surface area contributed by atoms with Gasteiger partial charge in [0.05, 0.1) is 12.2 Å². The first-order valence-electron chi connectivity index (χ1n) is 6.66. The van der Waals surface area contributed by atoms with Crippen molar-refractivity contribution in [1.29, 1.82) is 0 Å². The molecule has 1 aromatic rings. The predicted molar refractivity (Wildman–Crippen MR) is 75.5 cm³/mol. The van der Waals surface area contributed by atoms with E-state index in [9.17, 15) is 0 Å². The van der Waals surface area contributed by atoms with Gasteiger partial charge in [0, 0.05) is 24.5 Å². The Balaban J connectivity index is 1.84. The Morgan fingerprint density at radius 2 is 2.33 bits per heavy atom. The summed E-state index contributed by atoms with van der Waals surface area (Å²) in [5.41, 5.74) is 6.57. The molecule has 6 heteroatoms. The van der Waals surface area contributed by atoms with Gasteiger partial charge in [0.2, 0.25) is 0 Å². The lowest BCUT2D eigenvalue weighted by Crippen LogP contribution is -2.24. The van der Waals surface area contributed by atoms with Crippen LogP contribution in [0.4, 0.5) is 0 Å². The first-order chi connectivity index (χ1) is 8.81. The predicted octanol–water partition coefficient (Wildman–Crippen LogP) is 0.954. The summed E-state index contributed by atoms with van der Waals surface area (Å²) in [6, 6.07) is 0. The summed E-state index contributed by atoms with van der Waals surface area (Å²) in [5.74, 6) is 0. The molecule has 18 heavy (non-hydrogen) atoms. The molecule has 0 aromatic carbocycles.